The highest BCUT2D eigenvalue weighted by molar-refractivity contribution is 7.73. The molecule has 1 aromatic heterocycles. The minimum Gasteiger partial charge on any atom is -0.493 e. The van der Waals surface area contributed by atoms with Gasteiger partial charge in [0.2, 0.25) is 5.88 Å². The Morgan fingerprint density at radius 2 is 1.92 bits per heavy atom. The molecule has 2 aromatic carbocycles. The molecule has 1 aliphatic heterocycles. The molecule has 1 amide bonds. The average molecular weight is 352 g/mol. The molecule has 0 aliphatic carbocycles. The van der Waals surface area contributed by atoms with Gasteiger partial charge < -0.3 is 5.11 Å². The molecule has 24 heavy (non-hydrogen) atoms. The lowest BCUT2D eigenvalue weighted by Crippen LogP contribution is -2.23. The fraction of sp³-hybridized carbons (Fsp3) is 0.0556. The largest absolute Gasteiger partial charge is 0.493 e. The van der Waals surface area contributed by atoms with Crippen LogP contribution in [0.4, 0.5) is 0 Å². The highest BCUT2D eigenvalue weighted by Crippen LogP contribution is 2.34. The monoisotopic (exact) mass is 352 g/mol. The van der Waals surface area contributed by atoms with Gasteiger partial charge in [-0.3, -0.25) is 9.36 Å². The SMILES string of the molecule is Cc1ccc2c(c1)=C(c1sc(=S)n(-c3ccccc3)c1O)C(=O)N=2. The van der Waals surface area contributed by atoms with Gasteiger partial charge in [-0.1, -0.05) is 29.8 Å². The number of fused-ring (bicyclic) bond motifs is 1. The molecule has 0 fully saturated rings. The summed E-state index contributed by atoms with van der Waals surface area (Å²) in [6.07, 6.45) is 0. The smallest absolute Gasteiger partial charge is 0.279 e. The van der Waals surface area contributed by atoms with Crippen molar-refractivity contribution < 1.29 is 9.90 Å². The number of amides is 1. The van der Waals surface area contributed by atoms with E-state index in [0.29, 0.717) is 19.8 Å². The number of aromatic nitrogens is 1. The number of para-hydroxylation sites is 1. The average Bonchev–Trinajstić information content (AvgIpc) is 3.03. The predicted octanol–water partition coefficient (Wildman–Crippen LogP) is 2.64. The fourth-order valence-corrected chi connectivity index (χ4v) is 4.16. The van der Waals surface area contributed by atoms with Gasteiger partial charge in [0.05, 0.1) is 16.6 Å². The van der Waals surface area contributed by atoms with E-state index in [9.17, 15) is 9.90 Å². The molecule has 4 nitrogen and oxygen atoms in total. The lowest BCUT2D eigenvalue weighted by atomic mass is 10.1. The zero-order chi connectivity index (χ0) is 16.8. The third-order valence-electron chi connectivity index (χ3n) is 3.89. The van der Waals surface area contributed by atoms with Crippen molar-refractivity contribution in [2.24, 2.45) is 4.99 Å². The Balaban J connectivity index is 2.04. The molecular formula is C18H12N2O2S2. The normalized spacial score (nSPS) is 13.0. The van der Waals surface area contributed by atoms with Crippen LogP contribution in [0.2, 0.25) is 0 Å². The fourth-order valence-electron chi connectivity index (χ4n) is 2.78. The van der Waals surface area contributed by atoms with Crippen molar-refractivity contribution in [2.45, 2.75) is 6.92 Å². The zero-order valence-electron chi connectivity index (χ0n) is 12.7. The number of carbonyl (C=O) groups is 1. The van der Waals surface area contributed by atoms with E-state index in [1.165, 1.54) is 11.3 Å². The Bertz CT molecular complexity index is 1160. The molecule has 6 heteroatoms. The number of hydrogen-bond donors (Lipinski definition) is 1. The summed E-state index contributed by atoms with van der Waals surface area (Å²) in [4.78, 5) is 16.9. The molecule has 0 atom stereocenters. The van der Waals surface area contributed by atoms with Crippen LogP contribution in [0.5, 0.6) is 5.88 Å². The van der Waals surface area contributed by atoms with Crippen molar-refractivity contribution >= 4 is 35.0 Å². The van der Waals surface area contributed by atoms with Crippen LogP contribution in [0, 0.1) is 10.9 Å². The first-order chi connectivity index (χ1) is 11.6. The first-order valence-electron chi connectivity index (χ1n) is 7.31. The molecule has 4 rings (SSSR count). The summed E-state index contributed by atoms with van der Waals surface area (Å²) in [5.74, 6) is -0.369. The van der Waals surface area contributed by atoms with Gasteiger partial charge >= 0.3 is 0 Å². The van der Waals surface area contributed by atoms with E-state index in [-0.39, 0.29) is 11.8 Å². The predicted molar refractivity (Wildman–Crippen MR) is 95.6 cm³/mol. The Hall–Kier alpha value is -2.57. The van der Waals surface area contributed by atoms with E-state index in [1.54, 1.807) is 4.57 Å². The number of aromatic hydroxyl groups is 1. The highest BCUT2D eigenvalue weighted by atomic mass is 32.1. The van der Waals surface area contributed by atoms with Gasteiger partial charge in [0, 0.05) is 5.22 Å². The maximum absolute atomic E-state index is 12.4. The number of hydrogen-bond acceptors (Lipinski definition) is 4. The van der Waals surface area contributed by atoms with Crippen molar-refractivity contribution in [1.82, 2.24) is 4.57 Å². The lowest BCUT2D eigenvalue weighted by molar-refractivity contribution is -0.112. The van der Waals surface area contributed by atoms with Gasteiger partial charge in [0.25, 0.3) is 5.91 Å². The molecule has 0 bridgehead atoms. The standard InChI is InChI=1S/C18H12N2O2S2/c1-10-7-8-13-12(9-10)14(16(21)19-13)15-17(22)20(18(23)24-15)11-5-3-2-4-6-11/h2-9,22H,1H3. The molecule has 3 aromatic rings. The minimum absolute atomic E-state index is 0.0240. The van der Waals surface area contributed by atoms with Crippen LogP contribution in [0.1, 0.15) is 10.4 Å². The topological polar surface area (TPSA) is 54.6 Å². The van der Waals surface area contributed by atoms with Crippen molar-refractivity contribution in [3.63, 3.8) is 0 Å². The van der Waals surface area contributed by atoms with Crippen molar-refractivity contribution in [3.8, 4) is 11.6 Å². The van der Waals surface area contributed by atoms with Crippen LogP contribution in [0.25, 0.3) is 11.3 Å². The van der Waals surface area contributed by atoms with Crippen molar-refractivity contribution in [3.05, 3.63) is 73.5 Å². The molecule has 1 N–H and O–H groups in total. The second kappa shape index (κ2) is 5.51. The maximum atomic E-state index is 12.4. The number of carbonyl (C=O) groups excluding carboxylic acids is 1. The summed E-state index contributed by atoms with van der Waals surface area (Å²) in [5, 5.41) is 12.1. The van der Waals surface area contributed by atoms with Crippen LogP contribution in [0.3, 0.4) is 0 Å². The number of rotatable bonds is 2. The van der Waals surface area contributed by atoms with Gasteiger partial charge in [0.1, 0.15) is 4.88 Å². The van der Waals surface area contributed by atoms with E-state index in [1.807, 2.05) is 55.5 Å². The minimum atomic E-state index is -0.345. The summed E-state index contributed by atoms with van der Waals surface area (Å²) in [7, 11) is 0. The maximum Gasteiger partial charge on any atom is 0.279 e. The molecule has 0 saturated carbocycles. The Morgan fingerprint density at radius 3 is 2.67 bits per heavy atom. The first kappa shape index (κ1) is 15.0. The molecular weight excluding hydrogens is 340 g/mol. The molecule has 1 aliphatic rings. The Kier molecular flexibility index (Phi) is 3.44. The zero-order valence-corrected chi connectivity index (χ0v) is 14.3. The molecule has 2 heterocycles. The summed E-state index contributed by atoms with van der Waals surface area (Å²) in [6, 6.07) is 15.0. The van der Waals surface area contributed by atoms with Crippen molar-refractivity contribution in [1.29, 1.82) is 0 Å². The van der Waals surface area contributed by atoms with Crippen molar-refractivity contribution in [2.75, 3.05) is 0 Å². The van der Waals surface area contributed by atoms with E-state index in [2.05, 4.69) is 4.99 Å². The molecule has 0 saturated heterocycles. The summed E-state index contributed by atoms with van der Waals surface area (Å²) in [6.45, 7) is 1.96. The molecule has 0 spiro atoms. The molecule has 118 valence electrons. The molecule has 0 unspecified atom stereocenters. The Labute approximate surface area is 146 Å². The van der Waals surface area contributed by atoms with Crippen LogP contribution in [-0.2, 0) is 4.79 Å². The third kappa shape index (κ3) is 2.23. The summed E-state index contributed by atoms with van der Waals surface area (Å²) >= 11 is 6.62. The highest BCUT2D eigenvalue weighted by Gasteiger charge is 2.25. The number of aryl methyl sites for hydroxylation is 1. The first-order valence-corrected chi connectivity index (χ1v) is 8.53. The van der Waals surface area contributed by atoms with E-state index in [4.69, 9.17) is 12.2 Å². The van der Waals surface area contributed by atoms with E-state index < -0.39 is 0 Å². The third-order valence-corrected chi connectivity index (χ3v) is 5.27. The van der Waals surface area contributed by atoms with Gasteiger partial charge in [-0.2, -0.15) is 0 Å². The number of benzene rings is 2. The summed E-state index contributed by atoms with van der Waals surface area (Å²) in [5.41, 5.74) is 2.20. The van der Waals surface area contributed by atoms with E-state index in [0.717, 1.165) is 16.5 Å². The van der Waals surface area contributed by atoms with Gasteiger partial charge in [-0.15, -0.1) is 11.3 Å². The van der Waals surface area contributed by atoms with Crippen LogP contribution < -0.4 is 10.6 Å². The number of nitrogens with zero attached hydrogens (tertiary/aromatic N) is 2. The van der Waals surface area contributed by atoms with E-state index >= 15 is 0 Å². The summed E-state index contributed by atoms with van der Waals surface area (Å²) < 4.78 is 2.05. The van der Waals surface area contributed by atoms with Crippen LogP contribution >= 0.6 is 23.6 Å². The van der Waals surface area contributed by atoms with Crippen LogP contribution in [-0.4, -0.2) is 15.6 Å². The van der Waals surface area contributed by atoms with Gasteiger partial charge in [-0.05, 0) is 43.4 Å². The second-order valence-electron chi connectivity index (χ2n) is 5.50. The van der Waals surface area contributed by atoms with Gasteiger partial charge in [0.15, 0.2) is 3.95 Å². The lowest BCUT2D eigenvalue weighted by Gasteiger charge is -2.05. The Morgan fingerprint density at radius 1 is 1.17 bits per heavy atom. The molecule has 0 radical (unpaired) electrons. The van der Waals surface area contributed by atoms with Crippen LogP contribution in [0.15, 0.2) is 53.5 Å². The second-order valence-corrected chi connectivity index (χ2v) is 7.15. The quantitative estimate of drug-likeness (QED) is 0.722. The van der Waals surface area contributed by atoms with Gasteiger partial charge in [-0.25, -0.2) is 4.99 Å². The number of thiazole rings is 1.